The SMILES string of the molecule is COc1nc2ccccc2nc1N(C(=S)Oc1ccccc1)N1CCNCC1. The molecule has 7 nitrogen and oxygen atoms in total. The summed E-state index contributed by atoms with van der Waals surface area (Å²) in [5, 5.41) is 7.52. The van der Waals surface area contributed by atoms with Crippen molar-refractivity contribution in [2.75, 3.05) is 38.3 Å². The fraction of sp³-hybridized carbons (Fsp3) is 0.250. The molecule has 2 heterocycles. The predicted molar refractivity (Wildman–Crippen MR) is 113 cm³/mol. The first-order valence-corrected chi connectivity index (χ1v) is 9.50. The predicted octanol–water partition coefficient (Wildman–Crippen LogP) is 2.63. The van der Waals surface area contributed by atoms with Crippen molar-refractivity contribution in [3.05, 3.63) is 54.6 Å². The molecule has 3 aromatic rings. The summed E-state index contributed by atoms with van der Waals surface area (Å²) in [5.74, 6) is 1.58. The molecular formula is C20H21N5O2S. The maximum absolute atomic E-state index is 5.97. The van der Waals surface area contributed by atoms with Gasteiger partial charge in [0.05, 0.1) is 18.1 Å². The Balaban J connectivity index is 1.76. The Kier molecular flexibility index (Phi) is 5.61. The summed E-state index contributed by atoms with van der Waals surface area (Å²) in [6.45, 7) is 3.20. The van der Waals surface area contributed by atoms with Crippen LogP contribution in [-0.4, -0.2) is 53.4 Å². The Hall–Kier alpha value is -2.81. The summed E-state index contributed by atoms with van der Waals surface area (Å²) in [7, 11) is 1.58. The van der Waals surface area contributed by atoms with Crippen LogP contribution >= 0.6 is 12.2 Å². The van der Waals surface area contributed by atoms with Crippen molar-refractivity contribution in [2.45, 2.75) is 0 Å². The molecule has 0 aliphatic carbocycles. The smallest absolute Gasteiger partial charge is 0.286 e. The molecule has 0 amide bonds. The van der Waals surface area contributed by atoms with Crippen LogP contribution in [0.1, 0.15) is 0 Å². The van der Waals surface area contributed by atoms with Gasteiger partial charge in [-0.2, -0.15) is 0 Å². The van der Waals surface area contributed by atoms with Gasteiger partial charge in [-0.05, 0) is 36.5 Å². The first-order chi connectivity index (χ1) is 13.8. The number of thiocarbonyl (C=S) groups is 1. The van der Waals surface area contributed by atoms with Crippen molar-refractivity contribution >= 4 is 34.2 Å². The van der Waals surface area contributed by atoms with E-state index in [-0.39, 0.29) is 5.17 Å². The van der Waals surface area contributed by atoms with Crippen molar-refractivity contribution in [1.82, 2.24) is 20.3 Å². The molecule has 0 unspecified atom stereocenters. The van der Waals surface area contributed by atoms with E-state index >= 15 is 0 Å². The maximum Gasteiger partial charge on any atom is 0.286 e. The fourth-order valence-electron chi connectivity index (χ4n) is 3.07. The summed E-state index contributed by atoms with van der Waals surface area (Å²) in [5.41, 5.74) is 1.53. The molecule has 8 heteroatoms. The van der Waals surface area contributed by atoms with Gasteiger partial charge in [-0.15, -0.1) is 0 Å². The zero-order valence-corrected chi connectivity index (χ0v) is 16.4. The van der Waals surface area contributed by atoms with Crippen molar-refractivity contribution in [2.24, 2.45) is 0 Å². The minimum absolute atomic E-state index is 0.274. The van der Waals surface area contributed by atoms with Gasteiger partial charge in [0.1, 0.15) is 5.75 Å². The van der Waals surface area contributed by atoms with Gasteiger partial charge >= 0.3 is 0 Å². The summed E-state index contributed by atoms with van der Waals surface area (Å²) >= 11 is 5.67. The van der Waals surface area contributed by atoms with Crippen LogP contribution in [0.4, 0.5) is 5.82 Å². The molecule has 1 N–H and O–H groups in total. The fourth-order valence-corrected chi connectivity index (χ4v) is 3.37. The van der Waals surface area contributed by atoms with Crippen LogP contribution in [0, 0.1) is 0 Å². The third-order valence-electron chi connectivity index (χ3n) is 4.41. The van der Waals surface area contributed by atoms with E-state index in [1.165, 1.54) is 0 Å². The second-order valence-corrected chi connectivity index (χ2v) is 6.59. The molecule has 1 fully saturated rings. The van der Waals surface area contributed by atoms with Crippen molar-refractivity contribution in [1.29, 1.82) is 0 Å². The maximum atomic E-state index is 5.97. The number of para-hydroxylation sites is 3. The lowest BCUT2D eigenvalue weighted by molar-refractivity contribution is 0.237. The number of nitrogens with zero attached hydrogens (tertiary/aromatic N) is 4. The van der Waals surface area contributed by atoms with Crippen LogP contribution in [0.3, 0.4) is 0 Å². The number of methoxy groups -OCH3 is 1. The molecule has 1 aliphatic rings. The van der Waals surface area contributed by atoms with Crippen molar-refractivity contribution in [3.63, 3.8) is 0 Å². The first kappa shape index (κ1) is 18.5. The third kappa shape index (κ3) is 3.89. The Labute approximate surface area is 168 Å². The molecule has 1 aromatic heterocycles. The summed E-state index contributed by atoms with van der Waals surface area (Å²) in [6.07, 6.45) is 0. The highest BCUT2D eigenvalue weighted by Crippen LogP contribution is 2.29. The lowest BCUT2D eigenvalue weighted by Gasteiger charge is -2.37. The van der Waals surface area contributed by atoms with E-state index in [1.807, 2.05) is 54.6 Å². The van der Waals surface area contributed by atoms with E-state index in [2.05, 4.69) is 15.3 Å². The number of aromatic nitrogens is 2. The molecule has 2 aromatic carbocycles. The van der Waals surface area contributed by atoms with Gasteiger partial charge < -0.3 is 14.8 Å². The van der Waals surface area contributed by atoms with Gasteiger partial charge in [0.2, 0.25) is 5.82 Å². The zero-order chi connectivity index (χ0) is 19.3. The molecule has 0 atom stereocenters. The normalized spacial score (nSPS) is 14.6. The summed E-state index contributed by atoms with van der Waals surface area (Å²) in [6, 6.07) is 17.2. The molecule has 0 spiro atoms. The van der Waals surface area contributed by atoms with Gasteiger partial charge in [-0.1, -0.05) is 30.3 Å². The van der Waals surface area contributed by atoms with Crippen LogP contribution in [-0.2, 0) is 0 Å². The van der Waals surface area contributed by atoms with E-state index in [1.54, 1.807) is 12.1 Å². The number of nitrogens with one attached hydrogen (secondary N) is 1. The lowest BCUT2D eigenvalue weighted by atomic mass is 10.3. The highest BCUT2D eigenvalue weighted by molar-refractivity contribution is 7.80. The molecule has 0 saturated carbocycles. The van der Waals surface area contributed by atoms with Crippen LogP contribution < -0.4 is 19.8 Å². The van der Waals surface area contributed by atoms with Gasteiger partial charge in [-0.25, -0.2) is 20.0 Å². The number of anilines is 1. The number of benzene rings is 2. The topological polar surface area (TPSA) is 62.8 Å². The van der Waals surface area contributed by atoms with Crippen molar-refractivity contribution < 1.29 is 9.47 Å². The molecule has 1 aliphatic heterocycles. The van der Waals surface area contributed by atoms with Gasteiger partial charge in [0.25, 0.3) is 11.1 Å². The van der Waals surface area contributed by atoms with Gasteiger partial charge in [0, 0.05) is 26.2 Å². The van der Waals surface area contributed by atoms with E-state index in [0.29, 0.717) is 17.4 Å². The number of fused-ring (bicyclic) bond motifs is 1. The highest BCUT2D eigenvalue weighted by Gasteiger charge is 2.29. The van der Waals surface area contributed by atoms with Crippen molar-refractivity contribution in [3.8, 4) is 11.6 Å². The third-order valence-corrected chi connectivity index (χ3v) is 4.67. The van der Waals surface area contributed by atoms with Gasteiger partial charge in [0.15, 0.2) is 0 Å². The van der Waals surface area contributed by atoms with E-state index in [9.17, 15) is 0 Å². The number of piperazine rings is 1. The number of rotatable bonds is 4. The lowest BCUT2D eigenvalue weighted by Crippen LogP contribution is -2.56. The summed E-state index contributed by atoms with van der Waals surface area (Å²) < 4.78 is 11.5. The highest BCUT2D eigenvalue weighted by atomic mass is 32.1. The first-order valence-electron chi connectivity index (χ1n) is 9.09. The van der Waals surface area contributed by atoms with E-state index in [0.717, 1.165) is 37.2 Å². The average molecular weight is 395 g/mol. The minimum atomic E-state index is 0.274. The average Bonchev–Trinajstić information content (AvgIpc) is 2.75. The molecule has 4 rings (SSSR count). The molecule has 28 heavy (non-hydrogen) atoms. The molecular weight excluding hydrogens is 374 g/mol. The molecule has 0 radical (unpaired) electrons. The van der Waals surface area contributed by atoms with Crippen LogP contribution in [0.5, 0.6) is 11.6 Å². The largest absolute Gasteiger partial charge is 0.478 e. The Morgan fingerprint density at radius 2 is 1.64 bits per heavy atom. The Bertz CT molecular complexity index is 963. The van der Waals surface area contributed by atoms with Crippen LogP contribution in [0.25, 0.3) is 11.0 Å². The number of hydrazine groups is 1. The minimum Gasteiger partial charge on any atom is -0.478 e. The van der Waals surface area contributed by atoms with E-state index in [4.69, 9.17) is 26.7 Å². The second kappa shape index (κ2) is 8.47. The Morgan fingerprint density at radius 1 is 1.00 bits per heavy atom. The molecule has 0 bridgehead atoms. The summed E-state index contributed by atoms with van der Waals surface area (Å²) in [4.78, 5) is 9.41. The number of hydrogen-bond acceptors (Lipinski definition) is 7. The number of ether oxygens (including phenoxy) is 2. The number of hydrogen-bond donors (Lipinski definition) is 1. The van der Waals surface area contributed by atoms with E-state index < -0.39 is 0 Å². The molecule has 144 valence electrons. The van der Waals surface area contributed by atoms with Crippen LogP contribution in [0.2, 0.25) is 0 Å². The quantitative estimate of drug-likeness (QED) is 0.677. The van der Waals surface area contributed by atoms with Gasteiger partial charge in [-0.3, -0.25) is 0 Å². The van der Waals surface area contributed by atoms with Crippen LogP contribution in [0.15, 0.2) is 54.6 Å². The second-order valence-electron chi connectivity index (χ2n) is 6.24. The zero-order valence-electron chi connectivity index (χ0n) is 15.5. The Morgan fingerprint density at radius 3 is 2.32 bits per heavy atom. The monoisotopic (exact) mass is 395 g/mol. The molecule has 1 saturated heterocycles. The standard InChI is InChI=1S/C20H21N5O2S/c1-26-19-18(22-16-9-5-6-10-17(16)23-19)25(24-13-11-21-12-14-24)20(28)27-15-7-3-2-4-8-15/h2-10,21H,11-14H2,1H3.